The molecule has 0 aromatic heterocycles. The minimum Gasteiger partial charge on any atom is -0.328 e. The first-order chi connectivity index (χ1) is 3.66. The maximum Gasteiger partial charge on any atom is 0.329 e. The van der Waals surface area contributed by atoms with E-state index >= 15 is 0 Å². The third kappa shape index (κ3) is 4.47. The first-order valence-corrected chi connectivity index (χ1v) is 3.49. The molecule has 0 heterocycles. The number of hydrogen-bond donors (Lipinski definition) is 1. The van der Waals surface area contributed by atoms with Crippen LogP contribution in [-0.4, -0.2) is 18.1 Å². The molecule has 0 saturated carbocycles. The van der Waals surface area contributed by atoms with Gasteiger partial charge in [0.2, 0.25) is 0 Å². The van der Waals surface area contributed by atoms with Crippen molar-refractivity contribution in [3.63, 3.8) is 0 Å². The monoisotopic (exact) mass is 138 g/mol. The molecule has 0 aromatic carbocycles. The van der Waals surface area contributed by atoms with E-state index in [1.54, 1.807) is 0 Å². The number of rotatable bonds is 3. The van der Waals surface area contributed by atoms with Gasteiger partial charge in [0.25, 0.3) is 0 Å². The van der Waals surface area contributed by atoms with Crippen molar-refractivity contribution in [2.75, 3.05) is 7.11 Å². The van der Waals surface area contributed by atoms with Crippen LogP contribution in [0.5, 0.6) is 0 Å². The highest BCUT2D eigenvalue weighted by atomic mass is 31.2. The fourth-order valence-corrected chi connectivity index (χ4v) is 0.670. The summed E-state index contributed by atoms with van der Waals surface area (Å²) >= 11 is 0. The second-order valence-corrected chi connectivity index (χ2v) is 2.63. The molecule has 0 aromatic rings. The molecule has 1 unspecified atom stereocenters. The molecule has 3 nitrogen and oxygen atoms in total. The lowest BCUT2D eigenvalue weighted by atomic mass is 10.5. The van der Waals surface area contributed by atoms with E-state index in [0.717, 1.165) is 0 Å². The summed E-state index contributed by atoms with van der Waals surface area (Å²) in [5, 5.41) is 0. The molecule has 0 amide bonds. The zero-order valence-electron chi connectivity index (χ0n) is 5.29. The van der Waals surface area contributed by atoms with E-state index in [4.69, 9.17) is 9.42 Å². The van der Waals surface area contributed by atoms with Crippen LogP contribution in [0, 0.1) is 0 Å². The van der Waals surface area contributed by atoms with E-state index in [9.17, 15) is 0 Å². The molecule has 0 spiro atoms. The Morgan fingerprint density at radius 2 is 2.00 bits per heavy atom. The fraction of sp³-hybridized carbons (Fsp3) is 1.00. The highest BCUT2D eigenvalue weighted by Gasteiger charge is 2.04. The molecule has 0 aliphatic heterocycles. The van der Waals surface area contributed by atoms with Crippen molar-refractivity contribution in [1.82, 2.24) is 0 Å². The molecule has 50 valence electrons. The lowest BCUT2D eigenvalue weighted by Crippen LogP contribution is -1.97. The van der Waals surface area contributed by atoms with Crippen LogP contribution < -0.4 is 0 Å². The Hall–Kier alpha value is 0.310. The van der Waals surface area contributed by atoms with Crippen molar-refractivity contribution in [3.05, 3.63) is 0 Å². The standard InChI is InChI=1S/C4H11O3P/c1-4(2)7-8(5)6-3/h4-5H,1-3H3. The molecule has 0 radical (unpaired) electrons. The molecule has 0 bridgehead atoms. The van der Waals surface area contributed by atoms with Crippen LogP contribution in [0.4, 0.5) is 0 Å². The van der Waals surface area contributed by atoms with Crippen molar-refractivity contribution < 1.29 is 13.9 Å². The molecular weight excluding hydrogens is 127 g/mol. The number of hydrogen-bond acceptors (Lipinski definition) is 3. The average Bonchev–Trinajstić information content (AvgIpc) is 1.65. The Morgan fingerprint density at radius 1 is 1.50 bits per heavy atom. The normalized spacial score (nSPS) is 14.6. The van der Waals surface area contributed by atoms with Crippen molar-refractivity contribution >= 4 is 8.60 Å². The molecular formula is C4H11O3P. The van der Waals surface area contributed by atoms with Crippen LogP contribution in [0.2, 0.25) is 0 Å². The summed E-state index contributed by atoms with van der Waals surface area (Å²) < 4.78 is 9.26. The predicted octanol–water partition coefficient (Wildman–Crippen LogP) is 1.28. The maximum absolute atomic E-state index is 8.65. The summed E-state index contributed by atoms with van der Waals surface area (Å²) in [7, 11) is -0.207. The predicted molar refractivity (Wildman–Crippen MR) is 32.4 cm³/mol. The molecule has 4 heteroatoms. The van der Waals surface area contributed by atoms with E-state index in [0.29, 0.717) is 0 Å². The second-order valence-electron chi connectivity index (χ2n) is 1.57. The van der Waals surface area contributed by atoms with Crippen molar-refractivity contribution in [2.24, 2.45) is 0 Å². The largest absolute Gasteiger partial charge is 0.329 e. The van der Waals surface area contributed by atoms with Crippen LogP contribution in [0.3, 0.4) is 0 Å². The molecule has 0 aliphatic carbocycles. The van der Waals surface area contributed by atoms with Gasteiger partial charge in [0.1, 0.15) is 0 Å². The first-order valence-electron chi connectivity index (χ1n) is 2.36. The molecule has 0 saturated heterocycles. The summed E-state index contributed by atoms with van der Waals surface area (Å²) in [5.41, 5.74) is 0. The molecule has 8 heavy (non-hydrogen) atoms. The lowest BCUT2D eigenvalue weighted by molar-refractivity contribution is 0.184. The molecule has 0 fully saturated rings. The van der Waals surface area contributed by atoms with E-state index in [1.807, 2.05) is 13.8 Å². The lowest BCUT2D eigenvalue weighted by Gasteiger charge is -2.09. The fourth-order valence-electron chi connectivity index (χ4n) is 0.223. The smallest absolute Gasteiger partial charge is 0.328 e. The van der Waals surface area contributed by atoms with E-state index in [2.05, 4.69) is 4.52 Å². The third-order valence-electron chi connectivity index (χ3n) is 0.457. The Kier molecular flexibility index (Phi) is 4.38. The van der Waals surface area contributed by atoms with Gasteiger partial charge in [-0.2, -0.15) is 0 Å². The molecule has 0 aliphatic rings. The van der Waals surface area contributed by atoms with Gasteiger partial charge in [0.15, 0.2) is 0 Å². The summed E-state index contributed by atoms with van der Waals surface area (Å²) in [5.74, 6) is 0. The van der Waals surface area contributed by atoms with Gasteiger partial charge in [-0.3, -0.25) is 0 Å². The highest BCUT2D eigenvalue weighted by molar-refractivity contribution is 7.40. The molecule has 0 rings (SSSR count). The third-order valence-corrected chi connectivity index (χ3v) is 1.37. The SMILES string of the molecule is COP(O)OC(C)C. The average molecular weight is 138 g/mol. The molecule has 1 atom stereocenters. The topological polar surface area (TPSA) is 38.7 Å². The Labute approximate surface area is 50.6 Å². The van der Waals surface area contributed by atoms with Crippen LogP contribution in [0.25, 0.3) is 0 Å². The summed E-state index contributed by atoms with van der Waals surface area (Å²) in [6.45, 7) is 3.68. The van der Waals surface area contributed by atoms with Gasteiger partial charge < -0.3 is 13.9 Å². The zero-order chi connectivity index (χ0) is 6.57. The van der Waals surface area contributed by atoms with Gasteiger partial charge in [-0.1, -0.05) is 0 Å². The molecule has 1 N–H and O–H groups in total. The van der Waals surface area contributed by atoms with Gasteiger partial charge in [0.05, 0.1) is 6.10 Å². The van der Waals surface area contributed by atoms with E-state index < -0.39 is 8.60 Å². The van der Waals surface area contributed by atoms with Crippen LogP contribution in [0.15, 0.2) is 0 Å². The Bertz CT molecular complexity index is 57.2. The maximum atomic E-state index is 8.65. The minimum atomic E-state index is -1.62. The van der Waals surface area contributed by atoms with Gasteiger partial charge in [-0.05, 0) is 13.8 Å². The van der Waals surface area contributed by atoms with Gasteiger partial charge in [-0.25, -0.2) is 0 Å². The van der Waals surface area contributed by atoms with Crippen molar-refractivity contribution in [1.29, 1.82) is 0 Å². The quantitative estimate of drug-likeness (QED) is 0.597. The second kappa shape index (κ2) is 4.21. The van der Waals surface area contributed by atoms with Crippen LogP contribution in [0.1, 0.15) is 13.8 Å². The van der Waals surface area contributed by atoms with Gasteiger partial charge in [-0.15, -0.1) is 0 Å². The van der Waals surface area contributed by atoms with Crippen molar-refractivity contribution in [2.45, 2.75) is 20.0 Å². The van der Waals surface area contributed by atoms with Crippen LogP contribution >= 0.6 is 8.60 Å². The summed E-state index contributed by atoms with van der Waals surface area (Å²) in [4.78, 5) is 8.65. The highest BCUT2D eigenvalue weighted by Crippen LogP contribution is 2.32. The van der Waals surface area contributed by atoms with Crippen LogP contribution in [-0.2, 0) is 9.05 Å². The Balaban J connectivity index is 3.10. The van der Waals surface area contributed by atoms with E-state index in [1.165, 1.54) is 7.11 Å². The first kappa shape index (κ1) is 8.31. The summed E-state index contributed by atoms with van der Waals surface area (Å²) in [6.07, 6.45) is 0.0334. The zero-order valence-corrected chi connectivity index (χ0v) is 6.18. The van der Waals surface area contributed by atoms with E-state index in [-0.39, 0.29) is 6.10 Å². The van der Waals surface area contributed by atoms with Gasteiger partial charge in [0, 0.05) is 7.11 Å². The summed E-state index contributed by atoms with van der Waals surface area (Å²) in [6, 6.07) is 0. The minimum absolute atomic E-state index is 0.0334. The Morgan fingerprint density at radius 3 is 2.12 bits per heavy atom. The van der Waals surface area contributed by atoms with Gasteiger partial charge >= 0.3 is 8.60 Å². The van der Waals surface area contributed by atoms with Crippen molar-refractivity contribution in [3.8, 4) is 0 Å².